The molecule has 5 nitrogen and oxygen atoms in total. The Bertz CT molecular complexity index is 905. The molecule has 1 heterocycles. The van der Waals surface area contributed by atoms with E-state index >= 15 is 0 Å². The van der Waals surface area contributed by atoms with Gasteiger partial charge in [0, 0.05) is 25.6 Å². The number of benzene rings is 2. The molecule has 0 spiro atoms. The predicted octanol–water partition coefficient (Wildman–Crippen LogP) is 3.29. The lowest BCUT2D eigenvalue weighted by Crippen LogP contribution is -2.43. The molecular weight excluding hydrogens is 384 g/mol. The van der Waals surface area contributed by atoms with Gasteiger partial charge in [-0.1, -0.05) is 54.6 Å². The van der Waals surface area contributed by atoms with Crippen LogP contribution in [0.5, 0.6) is 0 Å². The molecule has 0 atom stereocenters. The molecule has 2 aromatic carbocycles. The van der Waals surface area contributed by atoms with E-state index in [0.29, 0.717) is 32.5 Å². The number of piperidine rings is 1. The Hall–Kier alpha value is -2.18. The minimum atomic E-state index is -3.36. The van der Waals surface area contributed by atoms with E-state index in [2.05, 4.69) is 17.4 Å². The molecule has 1 saturated heterocycles. The van der Waals surface area contributed by atoms with Crippen molar-refractivity contribution in [1.82, 2.24) is 9.62 Å². The highest BCUT2D eigenvalue weighted by atomic mass is 32.2. The third-order valence-corrected chi connectivity index (χ3v) is 7.43. The molecule has 0 unspecified atom stereocenters. The molecule has 29 heavy (non-hydrogen) atoms. The van der Waals surface area contributed by atoms with E-state index in [0.717, 1.165) is 24.0 Å². The number of carbonyl (C=O) groups excluding carboxylic acids is 1. The van der Waals surface area contributed by atoms with Crippen molar-refractivity contribution in [2.45, 2.75) is 38.4 Å². The van der Waals surface area contributed by atoms with Gasteiger partial charge in [0.05, 0.1) is 5.75 Å². The van der Waals surface area contributed by atoms with Crippen LogP contribution in [0.2, 0.25) is 0 Å². The quantitative estimate of drug-likeness (QED) is 0.674. The maximum atomic E-state index is 12.8. The number of aryl methyl sites for hydroxylation is 2. The SMILES string of the molecule is Cc1ccccc1CS(=O)(=O)N1CCC(C(=O)NCCCc2ccccc2)CC1. The van der Waals surface area contributed by atoms with Crippen LogP contribution in [0.15, 0.2) is 54.6 Å². The lowest BCUT2D eigenvalue weighted by atomic mass is 9.97. The Kier molecular flexibility index (Phi) is 7.45. The fourth-order valence-corrected chi connectivity index (χ4v) is 5.42. The van der Waals surface area contributed by atoms with E-state index in [1.807, 2.05) is 49.4 Å². The summed E-state index contributed by atoms with van der Waals surface area (Å²) in [6.07, 6.45) is 3.01. The standard InChI is InChI=1S/C23H30N2O3S/c1-19-8-5-6-12-22(19)18-29(27,28)25-16-13-21(14-17-25)23(26)24-15-7-11-20-9-3-2-4-10-20/h2-6,8-10,12,21H,7,11,13-18H2,1H3,(H,24,26). The molecule has 156 valence electrons. The molecule has 0 aromatic heterocycles. The average molecular weight is 415 g/mol. The number of hydrogen-bond acceptors (Lipinski definition) is 3. The lowest BCUT2D eigenvalue weighted by Gasteiger charge is -2.30. The summed E-state index contributed by atoms with van der Waals surface area (Å²) in [5.74, 6) is -0.0265. The summed E-state index contributed by atoms with van der Waals surface area (Å²) in [4.78, 5) is 12.4. The van der Waals surface area contributed by atoms with Crippen molar-refractivity contribution >= 4 is 15.9 Å². The molecule has 0 saturated carbocycles. The third kappa shape index (κ3) is 6.15. The molecular formula is C23H30N2O3S. The second-order valence-corrected chi connectivity index (χ2v) is 9.71. The van der Waals surface area contributed by atoms with Gasteiger partial charge in [-0.25, -0.2) is 12.7 Å². The van der Waals surface area contributed by atoms with Crippen LogP contribution in [0.3, 0.4) is 0 Å². The summed E-state index contributed by atoms with van der Waals surface area (Å²) in [5.41, 5.74) is 3.10. The van der Waals surface area contributed by atoms with Crippen molar-refractivity contribution < 1.29 is 13.2 Å². The van der Waals surface area contributed by atoms with Gasteiger partial charge in [0.1, 0.15) is 0 Å². The molecule has 0 radical (unpaired) electrons. The number of carbonyl (C=O) groups is 1. The molecule has 1 N–H and O–H groups in total. The van der Waals surface area contributed by atoms with Crippen molar-refractivity contribution in [3.63, 3.8) is 0 Å². The highest BCUT2D eigenvalue weighted by Gasteiger charge is 2.31. The van der Waals surface area contributed by atoms with Crippen LogP contribution >= 0.6 is 0 Å². The largest absolute Gasteiger partial charge is 0.356 e. The number of nitrogens with zero attached hydrogens (tertiary/aromatic N) is 1. The second kappa shape index (κ2) is 10.0. The Morgan fingerprint density at radius 3 is 2.38 bits per heavy atom. The van der Waals surface area contributed by atoms with Crippen molar-refractivity contribution in [2.24, 2.45) is 5.92 Å². The highest BCUT2D eigenvalue weighted by molar-refractivity contribution is 7.88. The van der Waals surface area contributed by atoms with Crippen LogP contribution in [0.4, 0.5) is 0 Å². The lowest BCUT2D eigenvalue weighted by molar-refractivity contribution is -0.126. The summed E-state index contributed by atoms with van der Waals surface area (Å²) in [6, 6.07) is 17.8. The molecule has 6 heteroatoms. The summed E-state index contributed by atoms with van der Waals surface area (Å²) in [7, 11) is -3.36. The summed E-state index contributed by atoms with van der Waals surface area (Å²) in [6.45, 7) is 3.41. The zero-order valence-electron chi connectivity index (χ0n) is 17.0. The fraction of sp³-hybridized carbons (Fsp3) is 0.435. The van der Waals surface area contributed by atoms with Gasteiger partial charge in [-0.05, 0) is 49.3 Å². The molecule has 0 bridgehead atoms. The number of hydrogen-bond donors (Lipinski definition) is 1. The summed E-state index contributed by atoms with van der Waals surface area (Å²) in [5, 5.41) is 3.02. The molecule has 1 aliphatic heterocycles. The van der Waals surface area contributed by atoms with Gasteiger partial charge in [-0.2, -0.15) is 0 Å². The highest BCUT2D eigenvalue weighted by Crippen LogP contribution is 2.22. The number of amides is 1. The normalized spacial score (nSPS) is 15.9. The van der Waals surface area contributed by atoms with E-state index in [1.54, 1.807) is 4.31 Å². The summed E-state index contributed by atoms with van der Waals surface area (Å²) < 4.78 is 27.0. The maximum Gasteiger partial charge on any atom is 0.223 e. The summed E-state index contributed by atoms with van der Waals surface area (Å²) >= 11 is 0. The number of sulfonamides is 1. The fourth-order valence-electron chi connectivity index (χ4n) is 3.75. The van der Waals surface area contributed by atoms with Crippen molar-refractivity contribution in [3.8, 4) is 0 Å². The third-order valence-electron chi connectivity index (χ3n) is 5.60. The minimum absolute atomic E-state index is 0.0238. The van der Waals surface area contributed by atoms with Gasteiger partial charge in [0.2, 0.25) is 15.9 Å². The Morgan fingerprint density at radius 1 is 1.03 bits per heavy atom. The van der Waals surface area contributed by atoms with Gasteiger partial charge in [-0.3, -0.25) is 4.79 Å². The minimum Gasteiger partial charge on any atom is -0.356 e. The second-order valence-electron chi connectivity index (χ2n) is 7.74. The van der Waals surface area contributed by atoms with E-state index in [-0.39, 0.29) is 17.6 Å². The zero-order valence-corrected chi connectivity index (χ0v) is 17.8. The monoisotopic (exact) mass is 414 g/mol. The first kappa shape index (κ1) is 21.5. The van der Waals surface area contributed by atoms with Crippen LogP contribution in [-0.2, 0) is 27.0 Å². The molecule has 3 rings (SSSR count). The maximum absolute atomic E-state index is 12.8. The first-order valence-corrected chi connectivity index (χ1v) is 11.9. The van der Waals surface area contributed by atoms with Crippen LogP contribution in [-0.4, -0.2) is 38.3 Å². The smallest absolute Gasteiger partial charge is 0.223 e. The van der Waals surface area contributed by atoms with E-state index in [1.165, 1.54) is 5.56 Å². The molecule has 1 fully saturated rings. The van der Waals surface area contributed by atoms with Crippen LogP contribution in [0.25, 0.3) is 0 Å². The first-order valence-electron chi connectivity index (χ1n) is 10.3. The van der Waals surface area contributed by atoms with Crippen molar-refractivity contribution in [3.05, 3.63) is 71.3 Å². The van der Waals surface area contributed by atoms with Gasteiger partial charge < -0.3 is 5.32 Å². The molecule has 1 amide bonds. The number of nitrogens with one attached hydrogen (secondary N) is 1. The Morgan fingerprint density at radius 2 is 1.69 bits per heavy atom. The van der Waals surface area contributed by atoms with E-state index < -0.39 is 10.0 Å². The van der Waals surface area contributed by atoms with Crippen molar-refractivity contribution in [2.75, 3.05) is 19.6 Å². The Labute approximate surface area is 174 Å². The molecule has 0 aliphatic carbocycles. The van der Waals surface area contributed by atoms with Crippen LogP contribution in [0, 0.1) is 12.8 Å². The van der Waals surface area contributed by atoms with Crippen LogP contribution < -0.4 is 5.32 Å². The van der Waals surface area contributed by atoms with E-state index in [4.69, 9.17) is 0 Å². The predicted molar refractivity (Wildman–Crippen MR) is 116 cm³/mol. The Balaban J connectivity index is 1.42. The topological polar surface area (TPSA) is 66.5 Å². The first-order chi connectivity index (χ1) is 14.0. The van der Waals surface area contributed by atoms with Gasteiger partial charge in [-0.15, -0.1) is 0 Å². The van der Waals surface area contributed by atoms with Crippen LogP contribution in [0.1, 0.15) is 36.0 Å². The van der Waals surface area contributed by atoms with E-state index in [9.17, 15) is 13.2 Å². The van der Waals surface area contributed by atoms with Gasteiger partial charge >= 0.3 is 0 Å². The van der Waals surface area contributed by atoms with Gasteiger partial charge in [0.15, 0.2) is 0 Å². The number of rotatable bonds is 8. The molecule has 2 aromatic rings. The average Bonchev–Trinajstić information content (AvgIpc) is 2.73. The zero-order chi connectivity index (χ0) is 20.7. The van der Waals surface area contributed by atoms with Gasteiger partial charge in [0.25, 0.3) is 0 Å². The van der Waals surface area contributed by atoms with Crippen molar-refractivity contribution in [1.29, 1.82) is 0 Å². The molecule has 1 aliphatic rings.